The molecule has 0 spiro atoms. The van der Waals surface area contributed by atoms with Gasteiger partial charge in [0.25, 0.3) is 0 Å². The highest BCUT2D eigenvalue weighted by Gasteiger charge is 2.34. The fourth-order valence-corrected chi connectivity index (χ4v) is 2.46. The Morgan fingerprint density at radius 2 is 2.00 bits per heavy atom. The second-order valence-electron chi connectivity index (χ2n) is 6.52. The molecule has 7 heteroatoms. The second-order valence-corrected chi connectivity index (χ2v) is 6.52. The molecular formula is C16H21F3N2O2. The van der Waals surface area contributed by atoms with Crippen LogP contribution in [0.15, 0.2) is 24.3 Å². The molecule has 1 atom stereocenters. The lowest BCUT2D eigenvalue weighted by Gasteiger charge is -2.37. The van der Waals surface area contributed by atoms with Gasteiger partial charge in [-0.2, -0.15) is 13.2 Å². The zero-order chi connectivity index (χ0) is 17.3. The number of nitrogens with zero attached hydrogens (tertiary/aromatic N) is 1. The Labute approximate surface area is 133 Å². The van der Waals surface area contributed by atoms with Crippen molar-refractivity contribution in [3.8, 4) is 0 Å². The van der Waals surface area contributed by atoms with E-state index in [0.717, 1.165) is 12.1 Å². The summed E-state index contributed by atoms with van der Waals surface area (Å²) < 4.78 is 44.0. The van der Waals surface area contributed by atoms with E-state index >= 15 is 0 Å². The van der Waals surface area contributed by atoms with Gasteiger partial charge < -0.3 is 10.1 Å². The van der Waals surface area contributed by atoms with Crippen molar-refractivity contribution < 1.29 is 22.7 Å². The minimum Gasteiger partial charge on any atom is -0.444 e. The molecule has 0 aliphatic carbocycles. The maximum atomic E-state index is 12.9. The van der Waals surface area contributed by atoms with Crippen LogP contribution in [-0.4, -0.2) is 36.2 Å². The van der Waals surface area contributed by atoms with Gasteiger partial charge in [0, 0.05) is 19.6 Å². The Bertz CT molecular complexity index is 567. The van der Waals surface area contributed by atoms with Gasteiger partial charge in [-0.15, -0.1) is 0 Å². The molecule has 1 aliphatic rings. The molecule has 1 N–H and O–H groups in total. The van der Waals surface area contributed by atoms with E-state index in [1.807, 2.05) is 0 Å². The van der Waals surface area contributed by atoms with Crippen LogP contribution in [0.4, 0.5) is 18.0 Å². The Morgan fingerprint density at radius 1 is 1.30 bits per heavy atom. The summed E-state index contributed by atoms with van der Waals surface area (Å²) in [7, 11) is 0. The highest BCUT2D eigenvalue weighted by Crippen LogP contribution is 2.32. The zero-order valence-corrected chi connectivity index (χ0v) is 13.4. The average molecular weight is 330 g/mol. The van der Waals surface area contributed by atoms with Crippen molar-refractivity contribution in [2.75, 3.05) is 19.6 Å². The number of hydrogen-bond acceptors (Lipinski definition) is 3. The van der Waals surface area contributed by atoms with Crippen LogP contribution in [0.2, 0.25) is 0 Å². The normalized spacial score (nSPS) is 19.6. The summed E-state index contributed by atoms with van der Waals surface area (Å²) >= 11 is 0. The summed E-state index contributed by atoms with van der Waals surface area (Å²) in [6.07, 6.45) is -4.92. The monoisotopic (exact) mass is 330 g/mol. The molecule has 1 fully saturated rings. The summed E-state index contributed by atoms with van der Waals surface area (Å²) in [6, 6.07) is 4.59. The standard InChI is InChI=1S/C16H21F3N2O2/c1-15(2,3)23-14(22)21-8-7-20-10-13(21)11-5-4-6-12(9-11)16(17,18)19/h4-6,9,13,20H,7-8,10H2,1-3H3/t13-/m1/s1. The van der Waals surface area contributed by atoms with E-state index in [1.54, 1.807) is 26.8 Å². The molecule has 0 unspecified atom stereocenters. The summed E-state index contributed by atoms with van der Waals surface area (Å²) in [5.74, 6) is 0. The van der Waals surface area contributed by atoms with Crippen LogP contribution in [0, 0.1) is 0 Å². The predicted octanol–water partition coefficient (Wildman–Crippen LogP) is 3.59. The van der Waals surface area contributed by atoms with Gasteiger partial charge in [0.15, 0.2) is 0 Å². The van der Waals surface area contributed by atoms with Crippen LogP contribution >= 0.6 is 0 Å². The van der Waals surface area contributed by atoms with Gasteiger partial charge in [-0.25, -0.2) is 4.79 Å². The first-order valence-electron chi connectivity index (χ1n) is 7.45. The number of rotatable bonds is 1. The van der Waals surface area contributed by atoms with Crippen LogP contribution < -0.4 is 5.32 Å². The van der Waals surface area contributed by atoms with Crippen molar-refractivity contribution in [3.63, 3.8) is 0 Å². The van der Waals surface area contributed by atoms with Gasteiger partial charge in [-0.1, -0.05) is 12.1 Å². The first-order chi connectivity index (χ1) is 10.6. The van der Waals surface area contributed by atoms with Gasteiger partial charge in [0.1, 0.15) is 5.60 Å². The highest BCUT2D eigenvalue weighted by atomic mass is 19.4. The molecule has 128 valence electrons. The van der Waals surface area contributed by atoms with Crippen molar-refractivity contribution >= 4 is 6.09 Å². The quantitative estimate of drug-likeness (QED) is 0.856. The summed E-state index contributed by atoms with van der Waals surface area (Å²) in [6.45, 7) is 6.62. The molecule has 1 heterocycles. The highest BCUT2D eigenvalue weighted by molar-refractivity contribution is 5.69. The SMILES string of the molecule is CC(C)(C)OC(=O)N1CCNC[C@@H]1c1cccc(C(F)(F)F)c1. The number of alkyl halides is 3. The number of ether oxygens (including phenoxy) is 1. The van der Waals surface area contributed by atoms with E-state index in [2.05, 4.69) is 5.32 Å². The Balaban J connectivity index is 2.26. The molecule has 1 saturated heterocycles. The van der Waals surface area contributed by atoms with Crippen molar-refractivity contribution in [2.24, 2.45) is 0 Å². The molecule has 1 aromatic carbocycles. The molecule has 1 amide bonds. The number of carbonyl (C=O) groups is 1. The molecule has 0 aromatic heterocycles. The molecule has 4 nitrogen and oxygen atoms in total. The lowest BCUT2D eigenvalue weighted by molar-refractivity contribution is -0.137. The van der Waals surface area contributed by atoms with E-state index in [9.17, 15) is 18.0 Å². The van der Waals surface area contributed by atoms with Crippen molar-refractivity contribution in [1.82, 2.24) is 10.2 Å². The van der Waals surface area contributed by atoms with Gasteiger partial charge >= 0.3 is 12.3 Å². The summed E-state index contributed by atoms with van der Waals surface area (Å²) in [5, 5.41) is 3.11. The van der Waals surface area contributed by atoms with Gasteiger partial charge in [0.2, 0.25) is 0 Å². The van der Waals surface area contributed by atoms with Crippen molar-refractivity contribution in [3.05, 3.63) is 35.4 Å². The number of benzene rings is 1. The summed E-state index contributed by atoms with van der Waals surface area (Å²) in [5.41, 5.74) is -0.928. The molecule has 1 aromatic rings. The molecule has 0 radical (unpaired) electrons. The third-order valence-corrected chi connectivity index (χ3v) is 3.47. The van der Waals surface area contributed by atoms with E-state index in [0.29, 0.717) is 25.2 Å². The Kier molecular flexibility index (Phi) is 4.89. The number of amides is 1. The van der Waals surface area contributed by atoms with Crippen molar-refractivity contribution in [2.45, 2.75) is 38.6 Å². The van der Waals surface area contributed by atoms with Crippen LogP contribution in [0.3, 0.4) is 0 Å². The molecule has 1 aliphatic heterocycles. The van der Waals surface area contributed by atoms with Gasteiger partial charge in [-0.3, -0.25) is 4.90 Å². The average Bonchev–Trinajstić information content (AvgIpc) is 2.45. The van der Waals surface area contributed by atoms with Crippen LogP contribution in [0.1, 0.15) is 37.9 Å². The van der Waals surface area contributed by atoms with Gasteiger partial charge in [0.05, 0.1) is 11.6 Å². The topological polar surface area (TPSA) is 41.6 Å². The zero-order valence-electron chi connectivity index (χ0n) is 13.4. The van der Waals surface area contributed by atoms with Crippen LogP contribution in [-0.2, 0) is 10.9 Å². The maximum absolute atomic E-state index is 12.9. The van der Waals surface area contributed by atoms with E-state index in [4.69, 9.17) is 4.74 Å². The minimum absolute atomic E-state index is 0.385. The maximum Gasteiger partial charge on any atom is 0.416 e. The van der Waals surface area contributed by atoms with E-state index in [1.165, 1.54) is 11.0 Å². The number of piperazine rings is 1. The Morgan fingerprint density at radius 3 is 2.61 bits per heavy atom. The molecule has 23 heavy (non-hydrogen) atoms. The lowest BCUT2D eigenvalue weighted by Crippen LogP contribution is -2.50. The summed E-state index contributed by atoms with van der Waals surface area (Å²) in [4.78, 5) is 13.8. The van der Waals surface area contributed by atoms with Crippen LogP contribution in [0.5, 0.6) is 0 Å². The van der Waals surface area contributed by atoms with E-state index < -0.39 is 29.5 Å². The number of hydrogen-bond donors (Lipinski definition) is 1. The van der Waals surface area contributed by atoms with E-state index in [-0.39, 0.29) is 0 Å². The largest absolute Gasteiger partial charge is 0.444 e. The smallest absolute Gasteiger partial charge is 0.416 e. The second kappa shape index (κ2) is 6.39. The molecular weight excluding hydrogens is 309 g/mol. The number of nitrogens with one attached hydrogen (secondary N) is 1. The molecule has 0 bridgehead atoms. The fourth-order valence-electron chi connectivity index (χ4n) is 2.46. The lowest BCUT2D eigenvalue weighted by atomic mass is 10.0. The third kappa shape index (κ3) is 4.60. The fraction of sp³-hybridized carbons (Fsp3) is 0.562. The van der Waals surface area contributed by atoms with Crippen LogP contribution in [0.25, 0.3) is 0 Å². The van der Waals surface area contributed by atoms with Gasteiger partial charge in [-0.05, 0) is 38.5 Å². The minimum atomic E-state index is -4.41. The Hall–Kier alpha value is -1.76. The predicted molar refractivity (Wildman–Crippen MR) is 80.0 cm³/mol. The van der Waals surface area contributed by atoms with Crippen molar-refractivity contribution in [1.29, 1.82) is 0 Å². The molecule has 2 rings (SSSR count). The molecule has 0 saturated carbocycles. The third-order valence-electron chi connectivity index (χ3n) is 3.47. The number of carbonyl (C=O) groups excluding carboxylic acids is 1. The number of halogens is 3. The first-order valence-corrected chi connectivity index (χ1v) is 7.45. The first kappa shape index (κ1) is 17.6.